The van der Waals surface area contributed by atoms with Gasteiger partial charge in [-0.15, -0.1) is 0 Å². The van der Waals surface area contributed by atoms with Crippen molar-refractivity contribution in [2.45, 2.75) is 17.0 Å². The third-order valence-corrected chi connectivity index (χ3v) is 4.29. The fourth-order valence-electron chi connectivity index (χ4n) is 1.40. The van der Waals surface area contributed by atoms with E-state index in [0.717, 1.165) is 4.34 Å². The molecule has 0 saturated carbocycles. The number of nitrogens with zero attached hydrogens (tertiary/aromatic N) is 2. The lowest BCUT2D eigenvalue weighted by Gasteiger charge is -2.08. The van der Waals surface area contributed by atoms with Crippen molar-refractivity contribution in [3.05, 3.63) is 34.6 Å². The van der Waals surface area contributed by atoms with Crippen LogP contribution in [0.2, 0.25) is 5.02 Å². The van der Waals surface area contributed by atoms with Crippen molar-refractivity contribution in [3.8, 4) is 5.75 Å². The molecule has 0 aliphatic carbocycles. The first-order valence-corrected chi connectivity index (χ1v) is 7.13. The van der Waals surface area contributed by atoms with Gasteiger partial charge in [-0.25, -0.2) is 4.98 Å². The molecule has 1 aromatic heterocycles. The standard InChI is InChI=1S/C11H9ClN2O2S2/c1-6(15)9-3-8(12)2-7(10(9)16)4-17-11-13-5-14-18-11/h2-3,5,16H,4H2,1H3. The number of aromatic hydroxyl groups is 1. The molecule has 1 N–H and O–H groups in total. The van der Waals surface area contributed by atoms with Gasteiger partial charge in [0.05, 0.1) is 5.56 Å². The highest BCUT2D eigenvalue weighted by Crippen LogP contribution is 2.32. The summed E-state index contributed by atoms with van der Waals surface area (Å²) in [5, 5.41) is 10.4. The van der Waals surface area contributed by atoms with Crippen molar-refractivity contribution in [1.82, 2.24) is 9.36 Å². The van der Waals surface area contributed by atoms with E-state index in [1.54, 1.807) is 6.07 Å². The van der Waals surface area contributed by atoms with E-state index in [1.165, 1.54) is 42.6 Å². The van der Waals surface area contributed by atoms with Gasteiger partial charge in [0.25, 0.3) is 0 Å². The van der Waals surface area contributed by atoms with Crippen LogP contribution in [0.4, 0.5) is 0 Å². The van der Waals surface area contributed by atoms with E-state index in [-0.39, 0.29) is 17.1 Å². The van der Waals surface area contributed by atoms with Crippen molar-refractivity contribution in [2.75, 3.05) is 0 Å². The summed E-state index contributed by atoms with van der Waals surface area (Å²) >= 11 is 8.65. The largest absolute Gasteiger partial charge is 0.507 e. The van der Waals surface area contributed by atoms with Crippen LogP contribution in [0.1, 0.15) is 22.8 Å². The Kier molecular flexibility index (Phi) is 4.21. The zero-order chi connectivity index (χ0) is 13.1. The van der Waals surface area contributed by atoms with Crippen LogP contribution in [0.25, 0.3) is 0 Å². The second-order valence-electron chi connectivity index (χ2n) is 3.51. The Morgan fingerprint density at radius 2 is 2.33 bits per heavy atom. The van der Waals surface area contributed by atoms with E-state index < -0.39 is 0 Å². The fourth-order valence-corrected chi connectivity index (χ4v) is 3.06. The van der Waals surface area contributed by atoms with Gasteiger partial charge in [0.15, 0.2) is 10.1 Å². The smallest absolute Gasteiger partial charge is 0.170 e. The van der Waals surface area contributed by atoms with Crippen LogP contribution in [-0.2, 0) is 5.75 Å². The first kappa shape index (κ1) is 13.3. The summed E-state index contributed by atoms with van der Waals surface area (Å²) in [4.78, 5) is 15.4. The summed E-state index contributed by atoms with van der Waals surface area (Å²) in [6.07, 6.45) is 1.48. The van der Waals surface area contributed by atoms with Gasteiger partial charge in [-0.2, -0.15) is 4.37 Å². The Morgan fingerprint density at radius 1 is 1.56 bits per heavy atom. The molecule has 0 fully saturated rings. The monoisotopic (exact) mass is 300 g/mol. The predicted molar refractivity (Wildman–Crippen MR) is 72.6 cm³/mol. The molecule has 18 heavy (non-hydrogen) atoms. The van der Waals surface area contributed by atoms with E-state index in [0.29, 0.717) is 16.3 Å². The molecule has 0 bridgehead atoms. The zero-order valence-electron chi connectivity index (χ0n) is 9.38. The van der Waals surface area contributed by atoms with Gasteiger partial charge in [0, 0.05) is 16.3 Å². The van der Waals surface area contributed by atoms with Gasteiger partial charge in [-0.3, -0.25) is 4.79 Å². The molecule has 0 radical (unpaired) electrons. The molecule has 94 valence electrons. The molecule has 0 saturated heterocycles. The highest BCUT2D eigenvalue weighted by molar-refractivity contribution is 8.00. The van der Waals surface area contributed by atoms with Gasteiger partial charge >= 0.3 is 0 Å². The van der Waals surface area contributed by atoms with E-state index in [4.69, 9.17) is 11.6 Å². The number of carbonyl (C=O) groups excluding carboxylic acids is 1. The Morgan fingerprint density at radius 3 is 2.94 bits per heavy atom. The molecule has 4 nitrogen and oxygen atoms in total. The normalized spacial score (nSPS) is 10.6. The number of phenolic OH excluding ortho intramolecular Hbond substituents is 1. The van der Waals surface area contributed by atoms with Gasteiger partial charge in [-0.1, -0.05) is 23.4 Å². The van der Waals surface area contributed by atoms with Crippen molar-refractivity contribution in [3.63, 3.8) is 0 Å². The van der Waals surface area contributed by atoms with Gasteiger partial charge in [0.1, 0.15) is 12.1 Å². The molecule has 2 aromatic rings. The maximum atomic E-state index is 11.4. The number of phenols is 1. The van der Waals surface area contributed by atoms with Gasteiger partial charge in [-0.05, 0) is 30.6 Å². The molecule has 1 aromatic carbocycles. The Balaban J connectivity index is 2.24. The summed E-state index contributed by atoms with van der Waals surface area (Å²) in [6, 6.07) is 3.12. The van der Waals surface area contributed by atoms with Gasteiger partial charge in [0.2, 0.25) is 0 Å². The third kappa shape index (κ3) is 3.01. The van der Waals surface area contributed by atoms with Crippen LogP contribution in [0.3, 0.4) is 0 Å². The molecule has 2 rings (SSSR count). The molecular formula is C11H9ClN2O2S2. The number of aromatic nitrogens is 2. The molecule has 0 amide bonds. The van der Waals surface area contributed by atoms with E-state index in [9.17, 15) is 9.90 Å². The summed E-state index contributed by atoms with van der Waals surface area (Å²) < 4.78 is 4.69. The first-order chi connectivity index (χ1) is 8.58. The topological polar surface area (TPSA) is 63.1 Å². The van der Waals surface area contributed by atoms with Crippen LogP contribution in [0.5, 0.6) is 5.75 Å². The number of carbonyl (C=O) groups is 1. The number of rotatable bonds is 4. The average molecular weight is 301 g/mol. The van der Waals surface area contributed by atoms with Crippen LogP contribution in [0.15, 0.2) is 22.8 Å². The van der Waals surface area contributed by atoms with Crippen molar-refractivity contribution >= 4 is 40.7 Å². The lowest BCUT2D eigenvalue weighted by atomic mass is 10.1. The highest BCUT2D eigenvalue weighted by atomic mass is 35.5. The first-order valence-electron chi connectivity index (χ1n) is 4.99. The second-order valence-corrected chi connectivity index (χ2v) is 5.95. The minimum absolute atomic E-state index is 0.0103. The molecule has 0 spiro atoms. The molecule has 0 aliphatic heterocycles. The second kappa shape index (κ2) is 5.69. The summed E-state index contributed by atoms with van der Waals surface area (Å²) in [5.74, 6) is 0.267. The number of Topliss-reactive ketones (excluding diaryl/α,β-unsaturated/α-hetero) is 1. The van der Waals surface area contributed by atoms with Crippen molar-refractivity contribution in [2.24, 2.45) is 0 Å². The van der Waals surface area contributed by atoms with Crippen LogP contribution < -0.4 is 0 Å². The Hall–Kier alpha value is -1.11. The molecular weight excluding hydrogens is 292 g/mol. The van der Waals surface area contributed by atoms with Crippen LogP contribution in [-0.4, -0.2) is 20.2 Å². The zero-order valence-corrected chi connectivity index (χ0v) is 11.8. The average Bonchev–Trinajstić information content (AvgIpc) is 2.82. The predicted octanol–water partition coefficient (Wildman–Crippen LogP) is 3.39. The van der Waals surface area contributed by atoms with E-state index in [1.807, 2.05) is 0 Å². The Bertz CT molecular complexity index is 573. The van der Waals surface area contributed by atoms with E-state index in [2.05, 4.69) is 9.36 Å². The molecule has 0 unspecified atom stereocenters. The van der Waals surface area contributed by atoms with Crippen LogP contribution in [0, 0.1) is 0 Å². The number of halogens is 1. The summed E-state index contributed by atoms with van der Waals surface area (Å²) in [5.41, 5.74) is 0.864. The van der Waals surface area contributed by atoms with Crippen molar-refractivity contribution in [1.29, 1.82) is 0 Å². The quantitative estimate of drug-likeness (QED) is 0.692. The number of benzene rings is 1. The van der Waals surface area contributed by atoms with Gasteiger partial charge < -0.3 is 5.11 Å². The van der Waals surface area contributed by atoms with Crippen LogP contribution >= 0.6 is 34.9 Å². The minimum atomic E-state index is -0.211. The molecule has 1 heterocycles. The minimum Gasteiger partial charge on any atom is -0.507 e. The maximum Gasteiger partial charge on any atom is 0.170 e. The maximum absolute atomic E-state index is 11.4. The lowest BCUT2D eigenvalue weighted by molar-refractivity contribution is 0.101. The number of hydrogen-bond acceptors (Lipinski definition) is 6. The molecule has 0 atom stereocenters. The summed E-state index contributed by atoms with van der Waals surface area (Å²) in [7, 11) is 0. The highest BCUT2D eigenvalue weighted by Gasteiger charge is 2.13. The summed E-state index contributed by atoms with van der Waals surface area (Å²) in [6.45, 7) is 1.40. The number of hydrogen-bond donors (Lipinski definition) is 1. The number of ketones is 1. The van der Waals surface area contributed by atoms with Crippen molar-refractivity contribution < 1.29 is 9.90 Å². The third-order valence-electron chi connectivity index (χ3n) is 2.23. The molecule has 7 heteroatoms. The van der Waals surface area contributed by atoms with E-state index >= 15 is 0 Å². The number of thioether (sulfide) groups is 1. The Labute approximate surface area is 117 Å². The lowest BCUT2D eigenvalue weighted by Crippen LogP contribution is -1.96. The SMILES string of the molecule is CC(=O)c1cc(Cl)cc(CSc2ncns2)c1O. The molecule has 0 aliphatic rings. The fraction of sp³-hybridized carbons (Fsp3) is 0.182.